The number of hydrogen-bond donors (Lipinski definition) is 3. The Kier molecular flexibility index (Phi) is 6.49. The van der Waals surface area contributed by atoms with E-state index in [2.05, 4.69) is 10.3 Å². The van der Waals surface area contributed by atoms with Crippen molar-refractivity contribution in [2.75, 3.05) is 13.7 Å². The van der Waals surface area contributed by atoms with Gasteiger partial charge in [0.2, 0.25) is 11.8 Å². The molecule has 0 radical (unpaired) electrons. The number of aliphatic hydroxyl groups is 2. The van der Waals surface area contributed by atoms with E-state index in [1.54, 1.807) is 19.2 Å². The van der Waals surface area contributed by atoms with Crippen LogP contribution < -0.4 is 14.8 Å². The largest absolute Gasteiger partial charge is 0.497 e. The number of benzene rings is 1. The SMILES string of the molecule is COc1cccc(CC(=O)NC2CC(COc3cccc(C)n3)C(O)C2O)c1. The van der Waals surface area contributed by atoms with Crippen LogP contribution in [0.3, 0.4) is 0 Å². The molecule has 0 aliphatic heterocycles. The van der Waals surface area contributed by atoms with Gasteiger partial charge in [0.25, 0.3) is 0 Å². The predicted molar refractivity (Wildman–Crippen MR) is 103 cm³/mol. The highest BCUT2D eigenvalue weighted by atomic mass is 16.5. The van der Waals surface area contributed by atoms with E-state index in [1.165, 1.54) is 0 Å². The summed E-state index contributed by atoms with van der Waals surface area (Å²) in [6, 6.07) is 12.2. The number of aromatic nitrogens is 1. The lowest BCUT2D eigenvalue weighted by Crippen LogP contribution is -2.43. The van der Waals surface area contributed by atoms with E-state index in [-0.39, 0.29) is 24.9 Å². The zero-order chi connectivity index (χ0) is 20.1. The van der Waals surface area contributed by atoms with Gasteiger partial charge >= 0.3 is 0 Å². The monoisotopic (exact) mass is 386 g/mol. The Bertz CT molecular complexity index is 813. The number of carbonyl (C=O) groups excluding carboxylic acids is 1. The summed E-state index contributed by atoms with van der Waals surface area (Å²) >= 11 is 0. The Morgan fingerprint density at radius 2 is 2.00 bits per heavy atom. The molecule has 1 amide bonds. The number of aryl methyl sites for hydroxylation is 1. The Morgan fingerprint density at radius 3 is 2.75 bits per heavy atom. The molecule has 3 rings (SSSR count). The molecule has 1 aliphatic rings. The quantitative estimate of drug-likeness (QED) is 0.662. The average molecular weight is 386 g/mol. The number of hydrogen-bond acceptors (Lipinski definition) is 6. The maximum atomic E-state index is 12.4. The molecule has 7 heteroatoms. The maximum Gasteiger partial charge on any atom is 0.224 e. The number of rotatable bonds is 7. The molecular weight excluding hydrogens is 360 g/mol. The fourth-order valence-corrected chi connectivity index (χ4v) is 3.45. The van der Waals surface area contributed by atoms with Crippen molar-refractivity contribution in [2.24, 2.45) is 5.92 Å². The first kappa shape index (κ1) is 20.1. The van der Waals surface area contributed by atoms with Gasteiger partial charge in [-0.15, -0.1) is 0 Å². The highest BCUT2D eigenvalue weighted by Crippen LogP contribution is 2.28. The summed E-state index contributed by atoms with van der Waals surface area (Å²) in [6.07, 6.45) is -1.40. The number of carbonyl (C=O) groups is 1. The summed E-state index contributed by atoms with van der Waals surface area (Å²) < 4.78 is 10.8. The molecule has 7 nitrogen and oxygen atoms in total. The fourth-order valence-electron chi connectivity index (χ4n) is 3.45. The molecule has 1 fully saturated rings. The Morgan fingerprint density at radius 1 is 1.21 bits per heavy atom. The van der Waals surface area contributed by atoms with Gasteiger partial charge in [0.1, 0.15) is 11.9 Å². The molecule has 2 aromatic rings. The molecule has 3 N–H and O–H groups in total. The summed E-state index contributed by atoms with van der Waals surface area (Å²) in [4.78, 5) is 16.6. The number of pyridine rings is 1. The topological polar surface area (TPSA) is 101 Å². The van der Waals surface area contributed by atoms with E-state index in [1.807, 2.05) is 37.3 Å². The first-order valence-corrected chi connectivity index (χ1v) is 9.31. The minimum Gasteiger partial charge on any atom is -0.497 e. The summed E-state index contributed by atoms with van der Waals surface area (Å²) in [5.41, 5.74) is 1.66. The molecular formula is C21H26N2O5. The molecule has 0 bridgehead atoms. The zero-order valence-corrected chi connectivity index (χ0v) is 16.0. The first-order valence-electron chi connectivity index (χ1n) is 9.31. The maximum absolute atomic E-state index is 12.4. The third kappa shape index (κ3) is 4.99. The third-order valence-corrected chi connectivity index (χ3v) is 4.96. The van der Waals surface area contributed by atoms with E-state index in [4.69, 9.17) is 9.47 Å². The number of nitrogens with zero attached hydrogens (tertiary/aromatic N) is 1. The van der Waals surface area contributed by atoms with Crippen molar-refractivity contribution >= 4 is 5.91 Å². The van der Waals surface area contributed by atoms with Gasteiger partial charge in [-0.25, -0.2) is 4.98 Å². The second kappa shape index (κ2) is 9.03. The third-order valence-electron chi connectivity index (χ3n) is 4.96. The van der Waals surface area contributed by atoms with Crippen LogP contribution in [0.2, 0.25) is 0 Å². The summed E-state index contributed by atoms with van der Waals surface area (Å²) in [5, 5.41) is 23.4. The van der Waals surface area contributed by atoms with Gasteiger partial charge in [-0.1, -0.05) is 18.2 Å². The predicted octanol–water partition coefficient (Wildman–Crippen LogP) is 1.25. The highest BCUT2D eigenvalue weighted by molar-refractivity contribution is 5.79. The molecule has 1 aromatic carbocycles. The van der Waals surface area contributed by atoms with E-state index in [0.717, 1.165) is 11.3 Å². The molecule has 1 aliphatic carbocycles. The second-order valence-corrected chi connectivity index (χ2v) is 7.11. The van der Waals surface area contributed by atoms with Crippen molar-refractivity contribution in [2.45, 2.75) is 38.0 Å². The van der Waals surface area contributed by atoms with Gasteiger partial charge in [0.05, 0.1) is 32.3 Å². The summed E-state index contributed by atoms with van der Waals surface area (Å²) in [7, 11) is 1.57. The van der Waals surface area contributed by atoms with Crippen LogP contribution in [-0.2, 0) is 11.2 Å². The normalized spacial score (nSPS) is 24.0. The smallest absolute Gasteiger partial charge is 0.224 e. The molecule has 1 aromatic heterocycles. The van der Waals surface area contributed by atoms with Crippen molar-refractivity contribution in [3.63, 3.8) is 0 Å². The number of methoxy groups -OCH3 is 1. The van der Waals surface area contributed by atoms with Gasteiger partial charge < -0.3 is 25.0 Å². The Labute approximate surface area is 164 Å². The van der Waals surface area contributed by atoms with Crippen LogP contribution in [0.1, 0.15) is 17.7 Å². The zero-order valence-electron chi connectivity index (χ0n) is 16.0. The van der Waals surface area contributed by atoms with Gasteiger partial charge in [-0.2, -0.15) is 0 Å². The molecule has 1 saturated carbocycles. The lowest BCUT2D eigenvalue weighted by molar-refractivity contribution is -0.122. The van der Waals surface area contributed by atoms with Crippen LogP contribution in [0.15, 0.2) is 42.5 Å². The van der Waals surface area contributed by atoms with Crippen molar-refractivity contribution in [3.8, 4) is 11.6 Å². The van der Waals surface area contributed by atoms with Crippen LogP contribution in [0.25, 0.3) is 0 Å². The van der Waals surface area contributed by atoms with Crippen LogP contribution in [0.4, 0.5) is 0 Å². The van der Waals surface area contributed by atoms with E-state index in [9.17, 15) is 15.0 Å². The van der Waals surface area contributed by atoms with Crippen molar-refractivity contribution in [1.82, 2.24) is 10.3 Å². The number of aliphatic hydroxyl groups excluding tert-OH is 2. The van der Waals surface area contributed by atoms with Crippen LogP contribution >= 0.6 is 0 Å². The lowest BCUT2D eigenvalue weighted by Gasteiger charge is -2.18. The van der Waals surface area contributed by atoms with Gasteiger partial charge in [0, 0.05) is 17.7 Å². The molecule has 150 valence electrons. The second-order valence-electron chi connectivity index (χ2n) is 7.11. The molecule has 28 heavy (non-hydrogen) atoms. The van der Waals surface area contributed by atoms with E-state index < -0.39 is 18.2 Å². The van der Waals surface area contributed by atoms with Gasteiger partial charge in [-0.05, 0) is 37.1 Å². The van der Waals surface area contributed by atoms with E-state index >= 15 is 0 Å². The van der Waals surface area contributed by atoms with Crippen molar-refractivity contribution < 1.29 is 24.5 Å². The van der Waals surface area contributed by atoms with Crippen molar-refractivity contribution in [1.29, 1.82) is 0 Å². The minimum atomic E-state index is -1.03. The van der Waals surface area contributed by atoms with Gasteiger partial charge in [-0.3, -0.25) is 4.79 Å². The Balaban J connectivity index is 1.53. The number of ether oxygens (including phenoxy) is 2. The molecule has 0 spiro atoms. The molecule has 0 saturated heterocycles. The number of nitrogens with one attached hydrogen (secondary N) is 1. The van der Waals surface area contributed by atoms with Crippen LogP contribution in [-0.4, -0.2) is 53.1 Å². The van der Waals surface area contributed by atoms with Crippen LogP contribution in [0, 0.1) is 12.8 Å². The summed E-state index contributed by atoms with van der Waals surface area (Å²) in [5.74, 6) is 0.654. The Hall–Kier alpha value is -2.64. The van der Waals surface area contributed by atoms with Gasteiger partial charge in [0.15, 0.2) is 0 Å². The minimum absolute atomic E-state index is 0.172. The highest BCUT2D eigenvalue weighted by Gasteiger charge is 2.42. The summed E-state index contributed by atoms with van der Waals surface area (Å²) in [6.45, 7) is 2.09. The average Bonchev–Trinajstić information content (AvgIpc) is 2.94. The fraction of sp³-hybridized carbons (Fsp3) is 0.429. The molecule has 4 unspecified atom stereocenters. The molecule has 1 heterocycles. The number of amides is 1. The first-order chi connectivity index (χ1) is 13.5. The van der Waals surface area contributed by atoms with Crippen LogP contribution in [0.5, 0.6) is 11.6 Å². The molecule has 4 atom stereocenters. The standard InChI is InChI=1S/C21H26N2O5/c1-13-5-3-8-19(22-13)28-12-15-11-17(21(26)20(15)25)23-18(24)10-14-6-4-7-16(9-14)27-2/h3-9,15,17,20-21,25-26H,10-12H2,1-2H3,(H,23,24). The van der Waals surface area contributed by atoms with E-state index in [0.29, 0.717) is 18.1 Å². The lowest BCUT2D eigenvalue weighted by atomic mass is 10.1. The van der Waals surface area contributed by atoms with Crippen molar-refractivity contribution in [3.05, 3.63) is 53.7 Å².